The Bertz CT molecular complexity index is 674. The Kier molecular flexibility index (Phi) is 4.07. The average molecular weight is 298 g/mol. The van der Waals surface area contributed by atoms with Crippen molar-refractivity contribution in [2.45, 2.75) is 6.61 Å². The van der Waals surface area contributed by atoms with Gasteiger partial charge in [-0.3, -0.25) is 4.79 Å². The summed E-state index contributed by atoms with van der Waals surface area (Å²) in [4.78, 5) is 21.5. The number of alkyl halides is 2. The average Bonchev–Trinajstić information content (AvgIpc) is 2.90. The van der Waals surface area contributed by atoms with Crippen LogP contribution in [0.25, 0.3) is 0 Å². The number of benzene rings is 1. The van der Waals surface area contributed by atoms with E-state index in [-0.39, 0.29) is 17.1 Å². The fourth-order valence-electron chi connectivity index (χ4n) is 1.48. The van der Waals surface area contributed by atoms with E-state index in [1.807, 2.05) is 0 Å². The molecule has 0 aliphatic heterocycles. The summed E-state index contributed by atoms with van der Waals surface area (Å²) < 4.78 is 28.7. The van der Waals surface area contributed by atoms with Gasteiger partial charge < -0.3 is 20.2 Å². The van der Waals surface area contributed by atoms with E-state index in [0.29, 0.717) is 0 Å². The van der Waals surface area contributed by atoms with Crippen molar-refractivity contribution in [3.05, 3.63) is 46.1 Å². The monoisotopic (exact) mass is 298 g/mol. The molecule has 2 rings (SSSR count). The highest BCUT2D eigenvalue weighted by atomic mass is 19.3. The number of rotatable bonds is 5. The molecular formula is C11H8F2N4O4. The van der Waals surface area contributed by atoms with Gasteiger partial charge in [0, 0.05) is 0 Å². The first-order valence-electron chi connectivity index (χ1n) is 5.52. The minimum absolute atomic E-state index is 0.00606. The molecule has 21 heavy (non-hydrogen) atoms. The Labute approximate surface area is 115 Å². The van der Waals surface area contributed by atoms with E-state index in [4.69, 9.17) is 0 Å². The summed E-state index contributed by atoms with van der Waals surface area (Å²) in [5.74, 6) is -1.49. The molecule has 1 aromatic heterocycles. The summed E-state index contributed by atoms with van der Waals surface area (Å²) >= 11 is 0. The lowest BCUT2D eigenvalue weighted by atomic mass is 10.3. The van der Waals surface area contributed by atoms with Crippen LogP contribution in [0.2, 0.25) is 0 Å². The van der Waals surface area contributed by atoms with E-state index >= 15 is 0 Å². The van der Waals surface area contributed by atoms with Gasteiger partial charge in [-0.1, -0.05) is 17.2 Å². The highest BCUT2D eigenvalue weighted by Gasteiger charge is 2.18. The van der Waals surface area contributed by atoms with Crippen molar-refractivity contribution in [3.8, 4) is 5.75 Å². The minimum Gasteiger partial charge on any atom is -0.433 e. The number of carbonyl (C=O) groups excluding carboxylic acids is 1. The SMILES string of the molecule is O=C(Nc1ccccc1OC(F)F)c1cc([N+](=O)[O-])[nH]n1. The molecule has 0 aliphatic rings. The first kappa shape index (κ1) is 14.4. The summed E-state index contributed by atoms with van der Waals surface area (Å²) in [6, 6.07) is 6.46. The maximum Gasteiger partial charge on any atom is 0.387 e. The number of carbonyl (C=O) groups is 1. The molecule has 0 fully saturated rings. The zero-order valence-corrected chi connectivity index (χ0v) is 10.2. The molecule has 2 N–H and O–H groups in total. The number of aromatic nitrogens is 2. The fourth-order valence-corrected chi connectivity index (χ4v) is 1.48. The standard InChI is InChI=1S/C11H8F2N4O4/c12-11(13)21-8-4-2-1-3-6(8)14-10(18)7-5-9(16-15-7)17(19)20/h1-5,11H,(H,14,18)(H,15,16). The van der Waals surface area contributed by atoms with Crippen LogP contribution in [-0.4, -0.2) is 27.6 Å². The number of amides is 1. The summed E-state index contributed by atoms with van der Waals surface area (Å²) in [7, 11) is 0. The van der Waals surface area contributed by atoms with Gasteiger partial charge in [0.1, 0.15) is 5.75 Å². The van der Waals surface area contributed by atoms with Crippen LogP contribution in [0.15, 0.2) is 30.3 Å². The lowest BCUT2D eigenvalue weighted by molar-refractivity contribution is -0.389. The Morgan fingerprint density at radius 2 is 2.14 bits per heavy atom. The normalized spacial score (nSPS) is 10.4. The van der Waals surface area contributed by atoms with Crippen molar-refractivity contribution in [1.29, 1.82) is 0 Å². The van der Waals surface area contributed by atoms with Gasteiger partial charge in [0.2, 0.25) is 0 Å². The number of hydrogen-bond donors (Lipinski definition) is 2. The zero-order chi connectivity index (χ0) is 15.4. The lowest BCUT2D eigenvalue weighted by Gasteiger charge is -2.10. The molecule has 0 atom stereocenters. The molecule has 8 nitrogen and oxygen atoms in total. The quantitative estimate of drug-likeness (QED) is 0.649. The molecule has 1 aromatic carbocycles. The number of hydrogen-bond acceptors (Lipinski definition) is 5. The van der Waals surface area contributed by atoms with Crippen molar-refractivity contribution < 1.29 is 23.2 Å². The van der Waals surface area contributed by atoms with Crippen molar-refractivity contribution in [2.24, 2.45) is 0 Å². The molecule has 1 heterocycles. The molecule has 2 aromatic rings. The Morgan fingerprint density at radius 3 is 2.76 bits per heavy atom. The van der Waals surface area contributed by atoms with Crippen molar-refractivity contribution >= 4 is 17.4 Å². The fraction of sp³-hybridized carbons (Fsp3) is 0.0909. The molecule has 0 radical (unpaired) electrons. The Balaban J connectivity index is 2.17. The predicted molar refractivity (Wildman–Crippen MR) is 66.3 cm³/mol. The predicted octanol–water partition coefficient (Wildman–Crippen LogP) is 2.17. The van der Waals surface area contributed by atoms with Crippen LogP contribution in [0, 0.1) is 10.1 Å². The summed E-state index contributed by atoms with van der Waals surface area (Å²) in [6.45, 7) is -3.05. The molecule has 10 heteroatoms. The second kappa shape index (κ2) is 5.94. The number of anilines is 1. The van der Waals surface area contributed by atoms with Crippen LogP contribution in [-0.2, 0) is 0 Å². The smallest absolute Gasteiger partial charge is 0.387 e. The number of aromatic amines is 1. The van der Waals surface area contributed by atoms with Gasteiger partial charge >= 0.3 is 12.4 Å². The van der Waals surface area contributed by atoms with E-state index in [0.717, 1.165) is 6.07 Å². The molecule has 0 bridgehead atoms. The summed E-state index contributed by atoms with van der Waals surface area (Å²) in [5, 5.41) is 18.3. The third-order valence-corrected chi connectivity index (χ3v) is 2.34. The molecule has 0 unspecified atom stereocenters. The van der Waals surface area contributed by atoms with Gasteiger partial charge in [-0.2, -0.15) is 8.78 Å². The van der Waals surface area contributed by atoms with E-state index < -0.39 is 23.3 Å². The second-order valence-corrected chi connectivity index (χ2v) is 3.72. The summed E-state index contributed by atoms with van der Waals surface area (Å²) in [5.41, 5.74) is -0.262. The molecule has 0 spiro atoms. The van der Waals surface area contributed by atoms with Gasteiger partial charge in [-0.15, -0.1) is 5.10 Å². The highest BCUT2D eigenvalue weighted by molar-refractivity contribution is 6.03. The maximum absolute atomic E-state index is 12.2. The van der Waals surface area contributed by atoms with Crippen LogP contribution in [0.5, 0.6) is 5.75 Å². The number of nitro groups is 1. The number of ether oxygens (including phenoxy) is 1. The molecule has 0 aliphatic carbocycles. The molecular weight excluding hydrogens is 290 g/mol. The maximum atomic E-state index is 12.2. The number of nitrogens with zero attached hydrogens (tertiary/aromatic N) is 2. The third kappa shape index (κ3) is 3.49. The topological polar surface area (TPSA) is 110 Å². The minimum atomic E-state index is -3.05. The first-order chi connectivity index (χ1) is 9.97. The van der Waals surface area contributed by atoms with Crippen molar-refractivity contribution in [1.82, 2.24) is 10.2 Å². The van der Waals surface area contributed by atoms with Crippen molar-refractivity contribution in [3.63, 3.8) is 0 Å². The largest absolute Gasteiger partial charge is 0.433 e. The molecule has 0 saturated heterocycles. The third-order valence-electron chi connectivity index (χ3n) is 2.34. The summed E-state index contributed by atoms with van der Waals surface area (Å²) in [6.07, 6.45) is 0. The van der Waals surface area contributed by atoms with Gasteiger partial charge in [-0.25, -0.2) is 0 Å². The second-order valence-electron chi connectivity index (χ2n) is 3.72. The lowest BCUT2D eigenvalue weighted by Crippen LogP contribution is -2.14. The van der Waals surface area contributed by atoms with Crippen molar-refractivity contribution in [2.75, 3.05) is 5.32 Å². The van der Waals surface area contributed by atoms with Crippen LogP contribution in [0.4, 0.5) is 20.3 Å². The Morgan fingerprint density at radius 1 is 1.43 bits per heavy atom. The van der Waals surface area contributed by atoms with Gasteiger partial charge in [-0.05, 0) is 17.1 Å². The van der Waals surface area contributed by atoms with Gasteiger partial charge in [0.25, 0.3) is 5.91 Å². The molecule has 1 amide bonds. The van der Waals surface area contributed by atoms with Crippen LogP contribution in [0.1, 0.15) is 10.5 Å². The number of para-hydroxylation sites is 2. The molecule has 110 valence electrons. The zero-order valence-electron chi connectivity index (χ0n) is 10.2. The highest BCUT2D eigenvalue weighted by Crippen LogP contribution is 2.26. The van der Waals surface area contributed by atoms with Crippen LogP contribution >= 0.6 is 0 Å². The van der Waals surface area contributed by atoms with E-state index in [1.165, 1.54) is 24.3 Å². The number of halogens is 2. The van der Waals surface area contributed by atoms with E-state index in [1.54, 1.807) is 0 Å². The van der Waals surface area contributed by atoms with E-state index in [9.17, 15) is 23.7 Å². The first-order valence-corrected chi connectivity index (χ1v) is 5.52. The van der Waals surface area contributed by atoms with Crippen LogP contribution in [0.3, 0.4) is 0 Å². The van der Waals surface area contributed by atoms with E-state index in [2.05, 4.69) is 20.3 Å². The van der Waals surface area contributed by atoms with Crippen LogP contribution < -0.4 is 10.1 Å². The number of nitrogens with one attached hydrogen (secondary N) is 2. The molecule has 0 saturated carbocycles. The number of H-pyrrole nitrogens is 1. The van der Waals surface area contributed by atoms with Gasteiger partial charge in [0.05, 0.1) is 11.8 Å². The van der Waals surface area contributed by atoms with Gasteiger partial charge in [0.15, 0.2) is 5.69 Å². The Hall–Kier alpha value is -3.04.